The second kappa shape index (κ2) is 6.37. The SMILES string of the molecule is O=C(c1ccn[nH]1)N1CCC[C@@H](S(=O)(=O)NC2CCCC2)C1. The predicted molar refractivity (Wildman–Crippen MR) is 81.8 cm³/mol. The van der Waals surface area contributed by atoms with Crippen LogP contribution in [0.2, 0.25) is 0 Å². The fourth-order valence-electron chi connectivity index (χ4n) is 3.29. The molecule has 1 atom stereocenters. The Balaban J connectivity index is 1.65. The fraction of sp³-hybridized carbons (Fsp3) is 0.714. The lowest BCUT2D eigenvalue weighted by Crippen LogP contribution is -2.50. The molecule has 1 aliphatic heterocycles. The number of hydrogen-bond acceptors (Lipinski definition) is 4. The van der Waals surface area contributed by atoms with E-state index in [-0.39, 0.29) is 18.5 Å². The maximum absolute atomic E-state index is 12.5. The minimum Gasteiger partial charge on any atom is -0.336 e. The van der Waals surface area contributed by atoms with Crippen molar-refractivity contribution in [3.05, 3.63) is 18.0 Å². The molecule has 0 spiro atoms. The smallest absolute Gasteiger partial charge is 0.271 e. The number of nitrogens with zero attached hydrogens (tertiary/aromatic N) is 2. The third kappa shape index (κ3) is 3.33. The van der Waals surface area contributed by atoms with Crippen LogP contribution in [-0.2, 0) is 10.0 Å². The second-order valence-corrected chi connectivity index (χ2v) is 8.12. The van der Waals surface area contributed by atoms with E-state index in [9.17, 15) is 13.2 Å². The van der Waals surface area contributed by atoms with Crippen LogP contribution in [0, 0.1) is 0 Å². The molecule has 8 heteroatoms. The zero-order valence-corrected chi connectivity index (χ0v) is 13.3. The largest absolute Gasteiger partial charge is 0.336 e. The Labute approximate surface area is 130 Å². The van der Waals surface area contributed by atoms with E-state index in [1.54, 1.807) is 11.0 Å². The zero-order valence-electron chi connectivity index (χ0n) is 12.5. The van der Waals surface area contributed by atoms with E-state index in [1.807, 2.05) is 0 Å². The van der Waals surface area contributed by atoms with E-state index in [4.69, 9.17) is 0 Å². The number of aromatic amines is 1. The number of hydrogen-bond donors (Lipinski definition) is 2. The van der Waals surface area contributed by atoms with Crippen molar-refractivity contribution in [1.82, 2.24) is 19.8 Å². The Morgan fingerprint density at radius 2 is 2.05 bits per heavy atom. The van der Waals surface area contributed by atoms with Crippen LogP contribution < -0.4 is 4.72 Å². The minimum atomic E-state index is -3.37. The summed E-state index contributed by atoms with van der Waals surface area (Å²) in [6.07, 6.45) is 6.84. The molecule has 22 heavy (non-hydrogen) atoms. The highest BCUT2D eigenvalue weighted by molar-refractivity contribution is 7.90. The first-order chi connectivity index (χ1) is 10.6. The summed E-state index contributed by atoms with van der Waals surface area (Å²) in [4.78, 5) is 13.9. The third-order valence-corrected chi connectivity index (χ3v) is 6.45. The zero-order chi connectivity index (χ0) is 15.6. The van der Waals surface area contributed by atoms with Gasteiger partial charge >= 0.3 is 0 Å². The van der Waals surface area contributed by atoms with Gasteiger partial charge in [0, 0.05) is 25.3 Å². The molecule has 2 heterocycles. The van der Waals surface area contributed by atoms with Gasteiger partial charge in [-0.15, -0.1) is 0 Å². The molecule has 0 unspecified atom stereocenters. The van der Waals surface area contributed by atoms with Crippen LogP contribution in [0.3, 0.4) is 0 Å². The van der Waals surface area contributed by atoms with Crippen molar-refractivity contribution in [3.8, 4) is 0 Å². The molecule has 0 bridgehead atoms. The van der Waals surface area contributed by atoms with Gasteiger partial charge in [0.1, 0.15) is 5.69 Å². The van der Waals surface area contributed by atoms with Crippen LogP contribution in [-0.4, -0.2) is 53.8 Å². The predicted octanol–water partition coefficient (Wildman–Crippen LogP) is 0.876. The molecule has 1 aromatic rings. The van der Waals surface area contributed by atoms with Gasteiger partial charge in [-0.25, -0.2) is 13.1 Å². The van der Waals surface area contributed by atoms with Crippen molar-refractivity contribution in [1.29, 1.82) is 0 Å². The van der Waals surface area contributed by atoms with E-state index in [2.05, 4.69) is 14.9 Å². The molecule has 122 valence electrons. The molecule has 0 aromatic carbocycles. The summed E-state index contributed by atoms with van der Waals surface area (Å²) in [6, 6.07) is 1.68. The van der Waals surface area contributed by atoms with Gasteiger partial charge in [-0.1, -0.05) is 12.8 Å². The molecule has 3 rings (SSSR count). The number of likely N-dealkylation sites (tertiary alicyclic amines) is 1. The van der Waals surface area contributed by atoms with Crippen LogP contribution in [0.4, 0.5) is 0 Å². The van der Waals surface area contributed by atoms with Gasteiger partial charge in [-0.2, -0.15) is 5.10 Å². The van der Waals surface area contributed by atoms with Crippen LogP contribution in [0.25, 0.3) is 0 Å². The lowest BCUT2D eigenvalue weighted by atomic mass is 10.1. The Hall–Kier alpha value is -1.41. The maximum atomic E-state index is 12.5. The van der Waals surface area contributed by atoms with Crippen molar-refractivity contribution in [2.45, 2.75) is 49.8 Å². The molecule has 1 aliphatic carbocycles. The summed E-state index contributed by atoms with van der Waals surface area (Å²) in [5, 5.41) is 5.89. The molecule has 1 saturated heterocycles. The number of sulfonamides is 1. The summed E-state index contributed by atoms with van der Waals surface area (Å²) >= 11 is 0. The highest BCUT2D eigenvalue weighted by Gasteiger charge is 2.34. The first kappa shape index (κ1) is 15.5. The number of carbonyl (C=O) groups excluding carboxylic acids is 1. The minimum absolute atomic E-state index is 0.0729. The van der Waals surface area contributed by atoms with E-state index in [0.29, 0.717) is 25.1 Å². The first-order valence-corrected chi connectivity index (χ1v) is 9.41. The monoisotopic (exact) mass is 326 g/mol. The fourth-order valence-corrected chi connectivity index (χ4v) is 5.04. The summed E-state index contributed by atoms with van der Waals surface area (Å²) in [5.41, 5.74) is 0.404. The van der Waals surface area contributed by atoms with Crippen LogP contribution >= 0.6 is 0 Å². The van der Waals surface area contributed by atoms with Crippen molar-refractivity contribution >= 4 is 15.9 Å². The average molecular weight is 326 g/mol. The second-order valence-electron chi connectivity index (χ2n) is 6.13. The van der Waals surface area contributed by atoms with E-state index < -0.39 is 15.3 Å². The van der Waals surface area contributed by atoms with E-state index >= 15 is 0 Å². The summed E-state index contributed by atoms with van der Waals surface area (Å²) in [7, 11) is -3.37. The number of piperidine rings is 1. The standard InChI is InChI=1S/C14H22N4O3S/c19-14(13-7-8-15-16-13)18-9-3-6-12(10-18)22(20,21)17-11-4-1-2-5-11/h7-8,11-12,17H,1-6,9-10H2,(H,15,16)/t12-/m1/s1. The van der Waals surface area contributed by atoms with Crippen molar-refractivity contribution in [2.24, 2.45) is 0 Å². The Bertz CT molecular complexity index is 608. The number of carbonyl (C=O) groups is 1. The maximum Gasteiger partial charge on any atom is 0.271 e. The van der Waals surface area contributed by atoms with Gasteiger partial charge in [0.25, 0.3) is 5.91 Å². The quantitative estimate of drug-likeness (QED) is 0.858. The van der Waals surface area contributed by atoms with Gasteiger partial charge in [0.15, 0.2) is 0 Å². The molecule has 2 fully saturated rings. The summed E-state index contributed by atoms with van der Waals surface area (Å²) in [5.74, 6) is -0.182. The first-order valence-electron chi connectivity index (χ1n) is 7.86. The Kier molecular flexibility index (Phi) is 4.49. The third-order valence-electron chi connectivity index (χ3n) is 4.52. The van der Waals surface area contributed by atoms with Gasteiger partial charge in [0.2, 0.25) is 10.0 Å². The van der Waals surface area contributed by atoms with Crippen molar-refractivity contribution < 1.29 is 13.2 Å². The highest BCUT2D eigenvalue weighted by atomic mass is 32.2. The van der Waals surface area contributed by atoms with Crippen molar-refractivity contribution in [3.63, 3.8) is 0 Å². The normalized spacial score (nSPS) is 23.8. The lowest BCUT2D eigenvalue weighted by Gasteiger charge is -2.32. The topological polar surface area (TPSA) is 95.2 Å². The molecular formula is C14H22N4O3S. The highest BCUT2D eigenvalue weighted by Crippen LogP contribution is 2.22. The van der Waals surface area contributed by atoms with Crippen LogP contribution in [0.5, 0.6) is 0 Å². The van der Waals surface area contributed by atoms with E-state index in [0.717, 1.165) is 25.7 Å². The molecular weight excluding hydrogens is 304 g/mol. The number of amides is 1. The average Bonchev–Trinajstić information content (AvgIpc) is 3.19. The van der Waals surface area contributed by atoms with Gasteiger partial charge < -0.3 is 4.90 Å². The Morgan fingerprint density at radius 1 is 1.27 bits per heavy atom. The summed E-state index contributed by atoms with van der Waals surface area (Å²) in [6.45, 7) is 0.840. The lowest BCUT2D eigenvalue weighted by molar-refractivity contribution is 0.0720. The number of nitrogens with one attached hydrogen (secondary N) is 2. The molecule has 1 aromatic heterocycles. The summed E-state index contributed by atoms with van der Waals surface area (Å²) < 4.78 is 27.9. The molecule has 0 radical (unpaired) electrons. The van der Waals surface area contributed by atoms with Gasteiger partial charge in [-0.3, -0.25) is 9.89 Å². The molecule has 2 aliphatic rings. The molecule has 1 amide bonds. The van der Waals surface area contributed by atoms with Gasteiger partial charge in [-0.05, 0) is 31.7 Å². The van der Waals surface area contributed by atoms with Crippen LogP contribution in [0.1, 0.15) is 49.0 Å². The Morgan fingerprint density at radius 3 is 2.73 bits per heavy atom. The van der Waals surface area contributed by atoms with Gasteiger partial charge in [0.05, 0.1) is 5.25 Å². The van der Waals surface area contributed by atoms with Crippen LogP contribution in [0.15, 0.2) is 12.3 Å². The number of H-pyrrole nitrogens is 1. The number of aromatic nitrogens is 2. The number of rotatable bonds is 4. The molecule has 7 nitrogen and oxygen atoms in total. The van der Waals surface area contributed by atoms with Crippen molar-refractivity contribution in [2.75, 3.05) is 13.1 Å². The molecule has 1 saturated carbocycles. The molecule has 2 N–H and O–H groups in total. The van der Waals surface area contributed by atoms with E-state index in [1.165, 1.54) is 6.20 Å².